The lowest BCUT2D eigenvalue weighted by molar-refractivity contribution is -0.151. The molecule has 4 nitrogen and oxygen atoms in total. The van der Waals surface area contributed by atoms with Gasteiger partial charge in [0.2, 0.25) is 0 Å². The molecule has 0 saturated carbocycles. The second-order valence-electron chi connectivity index (χ2n) is 3.14. The van der Waals surface area contributed by atoms with Gasteiger partial charge < -0.3 is 9.47 Å². The van der Waals surface area contributed by atoms with E-state index >= 15 is 0 Å². The van der Waals surface area contributed by atoms with Crippen LogP contribution in [-0.4, -0.2) is 24.6 Å². The Kier molecular flexibility index (Phi) is 2.83. The summed E-state index contributed by atoms with van der Waals surface area (Å²) < 4.78 is 9.59. The fourth-order valence-corrected chi connectivity index (χ4v) is 0.916. The summed E-state index contributed by atoms with van der Waals surface area (Å²) in [6.45, 7) is 5.43. The lowest BCUT2D eigenvalue weighted by Crippen LogP contribution is -2.11. The molecular formula is C9H12O4. The van der Waals surface area contributed by atoms with Gasteiger partial charge in [-0.1, -0.05) is 0 Å². The summed E-state index contributed by atoms with van der Waals surface area (Å²) in [7, 11) is 0. The Morgan fingerprint density at radius 3 is 2.31 bits per heavy atom. The summed E-state index contributed by atoms with van der Waals surface area (Å²) in [6.07, 6.45) is 0.0313. The van der Waals surface area contributed by atoms with Crippen molar-refractivity contribution >= 4 is 11.9 Å². The van der Waals surface area contributed by atoms with Crippen molar-refractivity contribution in [2.75, 3.05) is 6.61 Å². The third-order valence-electron chi connectivity index (χ3n) is 1.75. The molecule has 0 atom stereocenters. The molecule has 0 aromatic carbocycles. The van der Waals surface area contributed by atoms with Crippen molar-refractivity contribution in [3.63, 3.8) is 0 Å². The maximum absolute atomic E-state index is 11.0. The van der Waals surface area contributed by atoms with E-state index in [2.05, 4.69) is 4.74 Å². The minimum absolute atomic E-state index is 0.0313. The molecule has 0 unspecified atom stereocenters. The third kappa shape index (κ3) is 2.15. The fraction of sp³-hybridized carbons (Fsp3) is 0.556. The van der Waals surface area contributed by atoms with Crippen molar-refractivity contribution in [1.82, 2.24) is 0 Å². The molecular weight excluding hydrogens is 172 g/mol. The Balaban J connectivity index is 2.67. The zero-order valence-corrected chi connectivity index (χ0v) is 7.92. The van der Waals surface area contributed by atoms with Gasteiger partial charge in [0.1, 0.15) is 0 Å². The molecule has 0 bridgehead atoms. The van der Waals surface area contributed by atoms with Crippen LogP contribution in [0.3, 0.4) is 0 Å². The Hall–Kier alpha value is -1.16. The number of cyclic esters (lactones) is 2. The van der Waals surface area contributed by atoms with Crippen LogP contribution < -0.4 is 0 Å². The van der Waals surface area contributed by atoms with Crippen molar-refractivity contribution < 1.29 is 19.1 Å². The number of ether oxygens (including phenoxy) is 2. The fourth-order valence-electron chi connectivity index (χ4n) is 0.916. The quantitative estimate of drug-likeness (QED) is 0.481. The van der Waals surface area contributed by atoms with Gasteiger partial charge in [-0.3, -0.25) is 0 Å². The molecule has 0 aromatic rings. The van der Waals surface area contributed by atoms with Crippen LogP contribution in [0.2, 0.25) is 0 Å². The lowest BCUT2D eigenvalue weighted by atomic mass is 10.2. The van der Waals surface area contributed by atoms with Gasteiger partial charge in [0, 0.05) is 5.57 Å². The first kappa shape index (κ1) is 9.92. The van der Waals surface area contributed by atoms with E-state index < -0.39 is 11.9 Å². The van der Waals surface area contributed by atoms with E-state index in [0.717, 1.165) is 0 Å². The molecule has 1 aliphatic rings. The SMILES string of the molecule is CC1=C(COC(C)C)C(=O)OC1=O. The average molecular weight is 184 g/mol. The molecule has 0 aliphatic carbocycles. The summed E-state index contributed by atoms with van der Waals surface area (Å²) in [5, 5.41) is 0. The molecule has 0 N–H and O–H groups in total. The second-order valence-corrected chi connectivity index (χ2v) is 3.14. The van der Waals surface area contributed by atoms with Crippen molar-refractivity contribution in [3.05, 3.63) is 11.1 Å². The van der Waals surface area contributed by atoms with Gasteiger partial charge in [0.25, 0.3) is 0 Å². The van der Waals surface area contributed by atoms with Crippen molar-refractivity contribution in [2.24, 2.45) is 0 Å². The number of carbonyl (C=O) groups excluding carboxylic acids is 2. The van der Waals surface area contributed by atoms with Crippen LogP contribution in [0, 0.1) is 0 Å². The molecule has 0 fully saturated rings. The van der Waals surface area contributed by atoms with Gasteiger partial charge in [-0.2, -0.15) is 0 Å². The molecule has 0 saturated heterocycles. The van der Waals surface area contributed by atoms with E-state index in [1.54, 1.807) is 6.92 Å². The number of hydrogen-bond donors (Lipinski definition) is 0. The maximum Gasteiger partial charge on any atom is 0.344 e. The van der Waals surface area contributed by atoms with Crippen LogP contribution in [0.1, 0.15) is 20.8 Å². The highest BCUT2D eigenvalue weighted by Gasteiger charge is 2.29. The van der Waals surface area contributed by atoms with Crippen LogP contribution in [0.25, 0.3) is 0 Å². The Morgan fingerprint density at radius 2 is 1.92 bits per heavy atom. The third-order valence-corrected chi connectivity index (χ3v) is 1.75. The number of rotatable bonds is 3. The van der Waals surface area contributed by atoms with Crippen LogP contribution in [0.5, 0.6) is 0 Å². The number of hydrogen-bond acceptors (Lipinski definition) is 4. The van der Waals surface area contributed by atoms with Gasteiger partial charge in [0.05, 0.1) is 18.3 Å². The number of carbonyl (C=O) groups is 2. The van der Waals surface area contributed by atoms with Crippen LogP contribution in [0.15, 0.2) is 11.1 Å². The Labute approximate surface area is 76.5 Å². The number of esters is 2. The average Bonchev–Trinajstić information content (AvgIpc) is 2.24. The first-order valence-electron chi connectivity index (χ1n) is 4.10. The largest absolute Gasteiger partial charge is 0.386 e. The molecule has 0 spiro atoms. The Morgan fingerprint density at radius 1 is 1.31 bits per heavy atom. The van der Waals surface area contributed by atoms with Crippen molar-refractivity contribution in [2.45, 2.75) is 26.9 Å². The van der Waals surface area contributed by atoms with E-state index in [0.29, 0.717) is 11.1 Å². The molecule has 0 amide bonds. The van der Waals surface area contributed by atoms with Crippen molar-refractivity contribution in [1.29, 1.82) is 0 Å². The first-order valence-corrected chi connectivity index (χ1v) is 4.10. The molecule has 1 rings (SSSR count). The minimum atomic E-state index is -0.580. The normalized spacial score (nSPS) is 17.2. The van der Waals surface area contributed by atoms with Gasteiger partial charge >= 0.3 is 11.9 Å². The van der Waals surface area contributed by atoms with Crippen LogP contribution in [-0.2, 0) is 19.1 Å². The zero-order valence-electron chi connectivity index (χ0n) is 7.92. The zero-order chi connectivity index (χ0) is 10.0. The predicted molar refractivity (Wildman–Crippen MR) is 44.9 cm³/mol. The van der Waals surface area contributed by atoms with E-state index in [-0.39, 0.29) is 12.7 Å². The molecule has 0 aromatic heterocycles. The molecule has 72 valence electrons. The van der Waals surface area contributed by atoms with Gasteiger partial charge in [0.15, 0.2) is 0 Å². The Bertz CT molecular complexity index is 275. The monoisotopic (exact) mass is 184 g/mol. The highest BCUT2D eigenvalue weighted by molar-refractivity contribution is 6.12. The van der Waals surface area contributed by atoms with E-state index in [9.17, 15) is 9.59 Å². The highest BCUT2D eigenvalue weighted by atomic mass is 16.6. The molecule has 1 aliphatic heterocycles. The smallest absolute Gasteiger partial charge is 0.344 e. The van der Waals surface area contributed by atoms with Crippen LogP contribution in [0.4, 0.5) is 0 Å². The van der Waals surface area contributed by atoms with E-state index in [4.69, 9.17) is 4.74 Å². The van der Waals surface area contributed by atoms with E-state index in [1.807, 2.05) is 13.8 Å². The summed E-state index contributed by atoms with van der Waals surface area (Å²) in [5.74, 6) is -1.14. The lowest BCUT2D eigenvalue weighted by Gasteiger charge is -2.05. The second kappa shape index (κ2) is 3.70. The van der Waals surface area contributed by atoms with Gasteiger partial charge in [-0.25, -0.2) is 9.59 Å². The summed E-state index contributed by atoms with van der Waals surface area (Å²) in [5.41, 5.74) is 0.685. The summed E-state index contributed by atoms with van der Waals surface area (Å²) >= 11 is 0. The van der Waals surface area contributed by atoms with Crippen LogP contribution >= 0.6 is 0 Å². The predicted octanol–water partition coefficient (Wildman–Crippen LogP) is 0.811. The molecule has 0 radical (unpaired) electrons. The van der Waals surface area contributed by atoms with Gasteiger partial charge in [-0.05, 0) is 20.8 Å². The first-order chi connectivity index (χ1) is 6.02. The topological polar surface area (TPSA) is 52.6 Å². The van der Waals surface area contributed by atoms with Gasteiger partial charge in [-0.15, -0.1) is 0 Å². The van der Waals surface area contributed by atoms with E-state index in [1.165, 1.54) is 0 Å². The molecule has 4 heteroatoms. The molecule has 13 heavy (non-hydrogen) atoms. The minimum Gasteiger partial charge on any atom is -0.386 e. The summed E-state index contributed by atoms with van der Waals surface area (Å²) in [6, 6.07) is 0. The molecule has 1 heterocycles. The summed E-state index contributed by atoms with van der Waals surface area (Å²) in [4.78, 5) is 21.9. The standard InChI is InChI=1S/C9H12O4/c1-5(2)12-4-7-6(3)8(10)13-9(7)11/h5H,4H2,1-3H3. The highest BCUT2D eigenvalue weighted by Crippen LogP contribution is 2.17. The van der Waals surface area contributed by atoms with Crippen molar-refractivity contribution in [3.8, 4) is 0 Å². The maximum atomic E-state index is 11.0.